The quantitative estimate of drug-likeness (QED) is 0.624. The van der Waals surface area contributed by atoms with Crippen molar-refractivity contribution in [1.82, 2.24) is 5.32 Å². The number of anilines is 2. The van der Waals surface area contributed by atoms with Crippen LogP contribution in [0.15, 0.2) is 36.4 Å². The Balaban J connectivity index is 1.41. The zero-order chi connectivity index (χ0) is 22.2. The van der Waals surface area contributed by atoms with Gasteiger partial charge in [-0.25, -0.2) is 9.18 Å². The smallest absolute Gasteiger partial charge is 0.407 e. The Labute approximate surface area is 181 Å². The molecule has 162 valence electrons. The van der Waals surface area contributed by atoms with E-state index < -0.39 is 23.6 Å². The first-order valence-electron chi connectivity index (χ1n) is 9.64. The lowest BCUT2D eigenvalue weighted by Crippen LogP contribution is -2.46. The molecule has 1 saturated heterocycles. The van der Waals surface area contributed by atoms with Gasteiger partial charge >= 0.3 is 6.09 Å². The van der Waals surface area contributed by atoms with Gasteiger partial charge in [-0.3, -0.25) is 9.59 Å². The van der Waals surface area contributed by atoms with Crippen LogP contribution in [-0.4, -0.2) is 35.3 Å². The maximum Gasteiger partial charge on any atom is 0.410 e. The molecule has 0 saturated carbocycles. The van der Waals surface area contributed by atoms with Crippen molar-refractivity contribution in [1.29, 1.82) is 0 Å². The van der Waals surface area contributed by atoms with Gasteiger partial charge in [0.15, 0.2) is 0 Å². The number of hydrogen-bond acceptors (Lipinski definition) is 5. The summed E-state index contributed by atoms with van der Waals surface area (Å²) in [4.78, 5) is 37.8. The number of rotatable bonds is 4. The summed E-state index contributed by atoms with van der Waals surface area (Å²) in [6, 6.07) is 9.28. The van der Waals surface area contributed by atoms with Gasteiger partial charge < -0.3 is 25.4 Å². The van der Waals surface area contributed by atoms with E-state index in [9.17, 15) is 23.9 Å². The van der Waals surface area contributed by atoms with E-state index in [2.05, 4.69) is 10.6 Å². The zero-order valence-electron chi connectivity index (χ0n) is 16.3. The van der Waals surface area contributed by atoms with Gasteiger partial charge in [-0.05, 0) is 41.8 Å². The summed E-state index contributed by atoms with van der Waals surface area (Å²) in [5.74, 6) is -3.78. The van der Waals surface area contributed by atoms with E-state index >= 15 is 0 Å². The highest BCUT2D eigenvalue weighted by Crippen LogP contribution is 2.33. The first-order chi connectivity index (χ1) is 14.8. The Morgan fingerprint density at radius 2 is 2.10 bits per heavy atom. The maximum absolute atomic E-state index is 13.5. The van der Waals surface area contributed by atoms with Crippen LogP contribution >= 0.6 is 11.6 Å². The Hall–Kier alpha value is -3.17. The Kier molecular flexibility index (Phi) is 5.55. The highest BCUT2D eigenvalue weighted by molar-refractivity contribution is 6.31. The molecule has 0 unspecified atom stereocenters. The van der Waals surface area contributed by atoms with Crippen LogP contribution in [0.25, 0.3) is 0 Å². The fraction of sp³-hybridized carbons (Fsp3) is 0.286. The average Bonchev–Trinajstić information content (AvgIpc) is 3.03. The number of nitrogens with zero attached hydrogens (tertiary/aromatic N) is 1. The van der Waals surface area contributed by atoms with Gasteiger partial charge in [0, 0.05) is 37.3 Å². The second kappa shape index (κ2) is 8.16. The van der Waals surface area contributed by atoms with Gasteiger partial charge in [0.05, 0.1) is 5.02 Å². The molecular weight excluding hydrogens is 429 g/mol. The van der Waals surface area contributed by atoms with Crippen molar-refractivity contribution in [3.63, 3.8) is 0 Å². The first-order valence-corrected chi connectivity index (χ1v) is 10.0. The van der Waals surface area contributed by atoms with E-state index in [0.717, 1.165) is 5.56 Å². The molecule has 0 aliphatic carbocycles. The molecule has 0 spiro atoms. The van der Waals surface area contributed by atoms with Gasteiger partial charge in [0.1, 0.15) is 5.82 Å². The third kappa shape index (κ3) is 4.19. The fourth-order valence-corrected chi connectivity index (χ4v) is 3.80. The van der Waals surface area contributed by atoms with Crippen LogP contribution in [-0.2, 0) is 27.3 Å². The Bertz CT molecular complexity index is 1080. The van der Waals surface area contributed by atoms with E-state index in [1.54, 1.807) is 18.2 Å². The molecule has 4 rings (SSSR count). The van der Waals surface area contributed by atoms with Crippen LogP contribution in [0.3, 0.4) is 0 Å². The molecule has 2 aliphatic heterocycles. The van der Waals surface area contributed by atoms with Crippen LogP contribution in [0.2, 0.25) is 5.02 Å². The monoisotopic (exact) mass is 447 g/mol. The number of ether oxygens (including phenoxy) is 1. The molecule has 0 radical (unpaired) electrons. The second-order valence-electron chi connectivity index (χ2n) is 7.34. The first kappa shape index (κ1) is 21.1. The van der Waals surface area contributed by atoms with Gasteiger partial charge in [-0.1, -0.05) is 23.7 Å². The number of hydrogen-bond donors (Lipinski definition) is 3. The molecule has 0 bridgehead atoms. The van der Waals surface area contributed by atoms with Crippen LogP contribution in [0.1, 0.15) is 24.0 Å². The minimum Gasteiger partial charge on any atom is -0.407 e. The van der Waals surface area contributed by atoms with E-state index in [-0.39, 0.29) is 30.4 Å². The van der Waals surface area contributed by atoms with Crippen molar-refractivity contribution >= 4 is 40.9 Å². The summed E-state index contributed by atoms with van der Waals surface area (Å²) in [7, 11) is 0. The highest BCUT2D eigenvalue weighted by Gasteiger charge is 2.49. The number of aryl methyl sites for hydroxylation is 1. The van der Waals surface area contributed by atoms with E-state index in [0.29, 0.717) is 29.8 Å². The summed E-state index contributed by atoms with van der Waals surface area (Å²) in [5.41, 5.74) is 2.43. The summed E-state index contributed by atoms with van der Waals surface area (Å²) < 4.78 is 18.5. The zero-order valence-corrected chi connectivity index (χ0v) is 17.0. The van der Waals surface area contributed by atoms with Crippen molar-refractivity contribution in [3.05, 3.63) is 58.4 Å². The molecule has 2 aromatic carbocycles. The Morgan fingerprint density at radius 1 is 1.29 bits per heavy atom. The fourth-order valence-electron chi connectivity index (χ4n) is 3.60. The van der Waals surface area contributed by atoms with Gasteiger partial charge in [-0.2, -0.15) is 0 Å². The third-order valence-electron chi connectivity index (χ3n) is 5.27. The number of benzene rings is 2. The lowest BCUT2D eigenvalue weighted by Gasteiger charge is -2.24. The van der Waals surface area contributed by atoms with Crippen molar-refractivity contribution in [2.45, 2.75) is 31.6 Å². The Morgan fingerprint density at radius 3 is 2.90 bits per heavy atom. The summed E-state index contributed by atoms with van der Waals surface area (Å²) in [6.07, 6.45) is -0.255. The molecule has 3 N–H and O–H groups in total. The lowest BCUT2D eigenvalue weighted by atomic mass is 10.0. The number of nitrogens with one attached hydrogen (secondary N) is 2. The number of fused-ring (bicyclic) bond motifs is 1. The topological polar surface area (TPSA) is 108 Å². The van der Waals surface area contributed by atoms with Crippen LogP contribution in [0, 0.1) is 5.82 Å². The van der Waals surface area contributed by atoms with E-state index in [4.69, 9.17) is 16.3 Å². The molecule has 3 amide bonds. The van der Waals surface area contributed by atoms with Crippen LogP contribution in [0.4, 0.5) is 20.6 Å². The molecule has 2 heterocycles. The van der Waals surface area contributed by atoms with Crippen molar-refractivity contribution in [3.8, 4) is 0 Å². The number of amides is 3. The second-order valence-corrected chi connectivity index (χ2v) is 7.71. The third-order valence-corrected chi connectivity index (χ3v) is 5.69. The summed E-state index contributed by atoms with van der Waals surface area (Å²) in [5, 5.41) is 15.6. The average molecular weight is 448 g/mol. The largest absolute Gasteiger partial charge is 0.410 e. The van der Waals surface area contributed by atoms with Crippen molar-refractivity contribution in [2.24, 2.45) is 0 Å². The summed E-state index contributed by atoms with van der Waals surface area (Å²) >= 11 is 5.84. The van der Waals surface area contributed by atoms with Gasteiger partial charge in [-0.15, -0.1) is 0 Å². The molecule has 31 heavy (non-hydrogen) atoms. The lowest BCUT2D eigenvalue weighted by molar-refractivity contribution is -0.175. The van der Waals surface area contributed by atoms with Crippen molar-refractivity contribution < 1.29 is 28.6 Å². The maximum atomic E-state index is 13.5. The number of carbonyl (C=O) groups excluding carboxylic acids is 3. The minimum absolute atomic E-state index is 0.0641. The molecule has 10 heteroatoms. The van der Waals surface area contributed by atoms with Crippen LogP contribution in [0.5, 0.6) is 0 Å². The number of halogens is 2. The van der Waals surface area contributed by atoms with Gasteiger partial charge in [0.25, 0.3) is 11.7 Å². The van der Waals surface area contributed by atoms with Crippen molar-refractivity contribution in [2.75, 3.05) is 16.8 Å². The molecule has 1 fully saturated rings. The standard InChI is InChI=1S/C21H19ClFN3O5/c22-18-13(2-1-3-15(18)23)11-24-20(29)31-21(30)8-9-26(19(21)28)14-5-6-16-12(10-14)4-7-17(27)25-16/h1-3,5-6,10,30H,4,7-9,11H2,(H,24,29)(H,25,27)/t21-/m0/s1. The SMILES string of the molecule is O=C1CCc2cc(N3CC[C@](O)(OC(=O)NCc4cccc(F)c4Cl)C3=O)ccc2N1. The number of alkyl carbamates (subject to hydrolysis) is 1. The normalized spacial score (nSPS) is 20.3. The highest BCUT2D eigenvalue weighted by atomic mass is 35.5. The molecule has 1 atom stereocenters. The van der Waals surface area contributed by atoms with E-state index in [1.165, 1.54) is 23.1 Å². The van der Waals surface area contributed by atoms with Crippen LogP contribution < -0.4 is 15.5 Å². The predicted molar refractivity (Wildman–Crippen MR) is 110 cm³/mol. The molecule has 2 aliphatic rings. The molecule has 8 nitrogen and oxygen atoms in total. The summed E-state index contributed by atoms with van der Waals surface area (Å²) in [6.45, 7) is 0.00341. The van der Waals surface area contributed by atoms with E-state index in [1.807, 2.05) is 0 Å². The van der Waals surface area contributed by atoms with Gasteiger partial charge in [0.2, 0.25) is 5.91 Å². The molecular formula is C21H19ClFN3O5. The minimum atomic E-state index is -2.32. The number of carbonyl (C=O) groups is 3. The molecule has 2 aromatic rings. The number of aliphatic hydroxyl groups is 1. The predicted octanol–water partition coefficient (Wildman–Crippen LogP) is 2.72. The molecule has 0 aromatic heterocycles.